The first-order chi connectivity index (χ1) is 9.72. The number of nitrogens with zero attached hydrogens (tertiary/aromatic N) is 2. The number of ether oxygens (including phenoxy) is 1. The largest absolute Gasteiger partial charge is 0.492 e. The molecule has 1 aromatic rings. The Labute approximate surface area is 127 Å². The Balaban J connectivity index is 1.44. The highest BCUT2D eigenvalue weighted by Crippen LogP contribution is 2.23. The van der Waals surface area contributed by atoms with E-state index in [2.05, 4.69) is 20.8 Å². The van der Waals surface area contributed by atoms with Crippen LogP contribution in [0.15, 0.2) is 28.7 Å². The van der Waals surface area contributed by atoms with Crippen LogP contribution in [0, 0.1) is 0 Å². The lowest BCUT2D eigenvalue weighted by Gasteiger charge is -2.37. The molecule has 108 valence electrons. The molecule has 2 fully saturated rings. The lowest BCUT2D eigenvalue weighted by molar-refractivity contribution is -0.130. The second-order valence-electron chi connectivity index (χ2n) is 5.39. The minimum atomic E-state index is 0.333. The minimum Gasteiger partial charge on any atom is -0.492 e. The average molecular weight is 339 g/mol. The highest BCUT2D eigenvalue weighted by Gasteiger charge is 2.35. The molecule has 20 heavy (non-hydrogen) atoms. The third kappa shape index (κ3) is 3.15. The lowest BCUT2D eigenvalue weighted by atomic mass is 10.1. The molecule has 2 aliphatic rings. The van der Waals surface area contributed by atoms with Crippen molar-refractivity contribution in [3.8, 4) is 5.75 Å². The van der Waals surface area contributed by atoms with E-state index in [1.807, 2.05) is 29.2 Å². The van der Waals surface area contributed by atoms with Gasteiger partial charge in [0.25, 0.3) is 0 Å². The zero-order valence-electron chi connectivity index (χ0n) is 11.4. The van der Waals surface area contributed by atoms with Gasteiger partial charge < -0.3 is 9.64 Å². The normalized spacial score (nSPS) is 22.9. The van der Waals surface area contributed by atoms with Gasteiger partial charge in [0.05, 0.1) is 0 Å². The van der Waals surface area contributed by atoms with Crippen LogP contribution in [-0.2, 0) is 4.79 Å². The van der Waals surface area contributed by atoms with Crippen molar-refractivity contribution in [2.75, 3.05) is 32.8 Å². The average Bonchev–Trinajstić information content (AvgIpc) is 2.80. The third-order valence-electron chi connectivity index (χ3n) is 4.05. The van der Waals surface area contributed by atoms with Gasteiger partial charge in [-0.3, -0.25) is 9.69 Å². The van der Waals surface area contributed by atoms with Crippen molar-refractivity contribution >= 4 is 21.8 Å². The first-order valence-corrected chi connectivity index (χ1v) is 7.92. The number of amides is 1. The maximum Gasteiger partial charge on any atom is 0.222 e. The summed E-state index contributed by atoms with van der Waals surface area (Å²) in [7, 11) is 0. The predicted octanol–water partition coefficient (Wildman–Crippen LogP) is 2.13. The topological polar surface area (TPSA) is 32.8 Å². The number of carbonyl (C=O) groups is 1. The maximum absolute atomic E-state index is 11.6. The molecule has 1 unspecified atom stereocenters. The van der Waals surface area contributed by atoms with Gasteiger partial charge in [0.15, 0.2) is 0 Å². The van der Waals surface area contributed by atoms with Gasteiger partial charge in [-0.15, -0.1) is 0 Å². The summed E-state index contributed by atoms with van der Waals surface area (Å²) in [5, 5.41) is 0. The van der Waals surface area contributed by atoms with Crippen LogP contribution >= 0.6 is 15.9 Å². The Morgan fingerprint density at radius 1 is 1.35 bits per heavy atom. The number of fused-ring (bicyclic) bond motifs is 1. The van der Waals surface area contributed by atoms with Gasteiger partial charge in [-0.2, -0.15) is 0 Å². The molecule has 2 aliphatic heterocycles. The summed E-state index contributed by atoms with van der Waals surface area (Å²) in [5.41, 5.74) is 0. The molecule has 0 aromatic heterocycles. The fourth-order valence-electron chi connectivity index (χ4n) is 2.98. The van der Waals surface area contributed by atoms with Gasteiger partial charge in [0, 0.05) is 43.1 Å². The van der Waals surface area contributed by atoms with Gasteiger partial charge in [-0.05, 0) is 24.6 Å². The van der Waals surface area contributed by atoms with Crippen molar-refractivity contribution in [1.29, 1.82) is 0 Å². The van der Waals surface area contributed by atoms with Crippen molar-refractivity contribution in [3.05, 3.63) is 28.7 Å². The smallest absolute Gasteiger partial charge is 0.222 e. The highest BCUT2D eigenvalue weighted by atomic mass is 79.9. The molecule has 0 aliphatic carbocycles. The zero-order chi connectivity index (χ0) is 13.9. The van der Waals surface area contributed by atoms with E-state index in [-0.39, 0.29) is 0 Å². The first kappa shape index (κ1) is 13.9. The van der Waals surface area contributed by atoms with Gasteiger partial charge in [0.2, 0.25) is 5.91 Å². The summed E-state index contributed by atoms with van der Waals surface area (Å²) >= 11 is 3.44. The van der Waals surface area contributed by atoms with Crippen LogP contribution in [0.1, 0.15) is 12.8 Å². The molecule has 0 spiro atoms. The molecule has 1 atom stereocenters. The van der Waals surface area contributed by atoms with Crippen molar-refractivity contribution in [1.82, 2.24) is 9.80 Å². The van der Waals surface area contributed by atoms with Crippen LogP contribution in [0.2, 0.25) is 0 Å². The lowest BCUT2D eigenvalue weighted by Crippen LogP contribution is -2.52. The number of hydrogen-bond donors (Lipinski definition) is 0. The minimum absolute atomic E-state index is 0.333. The Hall–Kier alpha value is -1.07. The Bertz CT molecular complexity index is 495. The third-order valence-corrected chi connectivity index (χ3v) is 4.54. The summed E-state index contributed by atoms with van der Waals surface area (Å²) in [6.45, 7) is 4.44. The first-order valence-electron chi connectivity index (χ1n) is 7.12. The Kier molecular flexibility index (Phi) is 4.27. The van der Waals surface area contributed by atoms with Crippen LogP contribution in [0.4, 0.5) is 0 Å². The van der Waals surface area contributed by atoms with E-state index in [4.69, 9.17) is 4.74 Å². The maximum atomic E-state index is 11.6. The number of hydrogen-bond acceptors (Lipinski definition) is 3. The quantitative estimate of drug-likeness (QED) is 0.843. The molecular weight excluding hydrogens is 320 g/mol. The number of benzene rings is 1. The molecule has 4 nitrogen and oxygen atoms in total. The van der Waals surface area contributed by atoms with E-state index in [9.17, 15) is 4.79 Å². The van der Waals surface area contributed by atoms with Crippen LogP contribution in [0.25, 0.3) is 0 Å². The van der Waals surface area contributed by atoms with E-state index < -0.39 is 0 Å². The van der Waals surface area contributed by atoms with Crippen LogP contribution in [-0.4, -0.2) is 54.5 Å². The van der Waals surface area contributed by atoms with Crippen molar-refractivity contribution in [2.45, 2.75) is 18.9 Å². The van der Waals surface area contributed by atoms with E-state index in [0.29, 0.717) is 18.6 Å². The van der Waals surface area contributed by atoms with Crippen molar-refractivity contribution < 1.29 is 9.53 Å². The predicted molar refractivity (Wildman–Crippen MR) is 80.8 cm³/mol. The summed E-state index contributed by atoms with van der Waals surface area (Å²) in [6, 6.07) is 8.35. The Morgan fingerprint density at radius 3 is 3.10 bits per heavy atom. The number of piperazine rings is 1. The SMILES string of the molecule is O=C1CCC2CN(CCOc3cccc(Br)c3)CCN12. The molecule has 0 bridgehead atoms. The standard InChI is InChI=1S/C15H19BrN2O2/c16-12-2-1-3-14(10-12)20-9-8-17-6-7-18-13(11-17)4-5-15(18)19/h1-3,10,13H,4-9,11H2. The van der Waals surface area contributed by atoms with Crippen molar-refractivity contribution in [3.63, 3.8) is 0 Å². The molecule has 1 amide bonds. The molecule has 0 radical (unpaired) electrons. The van der Waals surface area contributed by atoms with Crippen LogP contribution in [0.3, 0.4) is 0 Å². The van der Waals surface area contributed by atoms with E-state index >= 15 is 0 Å². The van der Waals surface area contributed by atoms with Gasteiger partial charge >= 0.3 is 0 Å². The van der Waals surface area contributed by atoms with E-state index in [1.165, 1.54) is 0 Å². The summed E-state index contributed by atoms with van der Waals surface area (Å²) in [4.78, 5) is 16.1. The Morgan fingerprint density at radius 2 is 2.25 bits per heavy atom. The van der Waals surface area contributed by atoms with Crippen LogP contribution in [0.5, 0.6) is 5.75 Å². The van der Waals surface area contributed by atoms with Gasteiger partial charge in [0.1, 0.15) is 12.4 Å². The molecule has 2 heterocycles. The van der Waals surface area contributed by atoms with E-state index in [1.54, 1.807) is 0 Å². The second kappa shape index (κ2) is 6.14. The molecule has 3 rings (SSSR count). The zero-order valence-corrected chi connectivity index (χ0v) is 13.0. The fraction of sp³-hybridized carbons (Fsp3) is 0.533. The van der Waals surface area contributed by atoms with Crippen molar-refractivity contribution in [2.24, 2.45) is 0 Å². The summed E-state index contributed by atoms with van der Waals surface area (Å²) < 4.78 is 6.81. The molecule has 1 aromatic carbocycles. The molecule has 0 saturated carbocycles. The molecule has 5 heteroatoms. The second-order valence-corrected chi connectivity index (χ2v) is 6.30. The number of rotatable bonds is 4. The molecular formula is C15H19BrN2O2. The monoisotopic (exact) mass is 338 g/mol. The fourth-order valence-corrected chi connectivity index (χ4v) is 3.36. The summed E-state index contributed by atoms with van der Waals surface area (Å²) in [6.07, 6.45) is 1.74. The summed E-state index contributed by atoms with van der Waals surface area (Å²) in [5.74, 6) is 1.23. The highest BCUT2D eigenvalue weighted by molar-refractivity contribution is 9.10. The number of carbonyl (C=O) groups excluding carboxylic acids is 1. The van der Waals surface area contributed by atoms with E-state index in [0.717, 1.165) is 49.2 Å². The van der Waals surface area contributed by atoms with Crippen LogP contribution < -0.4 is 4.74 Å². The number of halogens is 1. The van der Waals surface area contributed by atoms with Gasteiger partial charge in [-0.1, -0.05) is 22.0 Å². The molecule has 2 saturated heterocycles. The van der Waals surface area contributed by atoms with Gasteiger partial charge in [-0.25, -0.2) is 0 Å². The molecule has 0 N–H and O–H groups in total.